The predicted octanol–water partition coefficient (Wildman–Crippen LogP) is 4.51. The largest absolute Gasteiger partial charge is 0.497 e. The van der Waals surface area contributed by atoms with Crippen molar-refractivity contribution in [1.82, 2.24) is 14.6 Å². The molecule has 0 fully saturated rings. The average molecular weight is 486 g/mol. The Labute approximate surface area is 202 Å². The van der Waals surface area contributed by atoms with Crippen LogP contribution < -0.4 is 10.5 Å². The normalized spacial score (nSPS) is 12.1. The molecule has 0 unspecified atom stereocenters. The summed E-state index contributed by atoms with van der Waals surface area (Å²) in [4.78, 5) is 9.32. The summed E-state index contributed by atoms with van der Waals surface area (Å²) in [6.45, 7) is 3.80. The second-order valence-electron chi connectivity index (χ2n) is 8.18. The van der Waals surface area contributed by atoms with Crippen molar-refractivity contribution in [2.24, 2.45) is 5.10 Å². The number of hydrogen-bond acceptors (Lipinski definition) is 7. The van der Waals surface area contributed by atoms with Gasteiger partial charge in [-0.3, -0.25) is 0 Å². The lowest BCUT2D eigenvalue weighted by molar-refractivity contribution is 0.415. The third kappa shape index (κ3) is 3.89. The van der Waals surface area contributed by atoms with Crippen molar-refractivity contribution < 1.29 is 13.2 Å². The molecule has 5 aromatic rings. The number of rotatable bonds is 5. The van der Waals surface area contributed by atoms with Gasteiger partial charge in [0.15, 0.2) is 5.65 Å². The van der Waals surface area contributed by atoms with Gasteiger partial charge >= 0.3 is 0 Å². The molecule has 2 N–H and O–H groups in total. The Bertz CT molecular complexity index is 1740. The van der Waals surface area contributed by atoms with E-state index in [1.54, 1.807) is 49.7 Å². The highest BCUT2D eigenvalue weighted by molar-refractivity contribution is 7.92. The van der Waals surface area contributed by atoms with E-state index >= 15 is 0 Å². The van der Waals surface area contributed by atoms with Crippen LogP contribution in [0.4, 0.5) is 5.82 Å². The van der Waals surface area contributed by atoms with Gasteiger partial charge in [0.25, 0.3) is 0 Å². The maximum atomic E-state index is 13.8. The molecule has 0 bridgehead atoms. The maximum absolute atomic E-state index is 13.8. The third-order valence-corrected chi connectivity index (χ3v) is 7.72. The number of methoxy groups -OCH3 is 1. The molecular weight excluding hydrogens is 462 g/mol. The number of nitrogen functional groups attached to an aromatic ring is 1. The number of anilines is 1. The molecule has 9 heteroatoms. The molecule has 0 atom stereocenters. The number of benzene rings is 3. The molecule has 35 heavy (non-hydrogen) atoms. The lowest BCUT2D eigenvalue weighted by Crippen LogP contribution is -2.07. The number of para-hydroxylation sites is 2. The van der Waals surface area contributed by atoms with Crippen LogP contribution in [0, 0.1) is 13.8 Å². The van der Waals surface area contributed by atoms with Crippen LogP contribution in [-0.4, -0.2) is 36.4 Å². The number of aryl methyl sites for hydroxylation is 2. The molecule has 0 saturated heterocycles. The Morgan fingerprint density at radius 2 is 1.69 bits per heavy atom. The fraction of sp³-hybridized carbons (Fsp3) is 0.115. The molecule has 3 aromatic carbocycles. The smallest absolute Gasteiger partial charge is 0.212 e. The lowest BCUT2D eigenvalue weighted by atomic mass is 10.1. The molecular formula is C26H23N5O3S. The number of sulfone groups is 1. The number of nitrogens with two attached hydrogens (primary N) is 1. The summed E-state index contributed by atoms with van der Waals surface area (Å²) in [7, 11) is -2.44. The van der Waals surface area contributed by atoms with Gasteiger partial charge in [-0.05, 0) is 66.9 Å². The van der Waals surface area contributed by atoms with Crippen molar-refractivity contribution in [3.05, 3.63) is 83.4 Å². The number of hydrogen-bond donors (Lipinski definition) is 1. The summed E-state index contributed by atoms with van der Waals surface area (Å²) in [6.07, 6.45) is 1.57. The van der Waals surface area contributed by atoms with Gasteiger partial charge in [0.2, 0.25) is 9.84 Å². The Kier molecular flexibility index (Phi) is 5.49. The lowest BCUT2D eigenvalue weighted by Gasteiger charge is -2.07. The summed E-state index contributed by atoms with van der Waals surface area (Å²) in [5.41, 5.74) is 10.6. The zero-order valence-corrected chi connectivity index (χ0v) is 20.2. The van der Waals surface area contributed by atoms with E-state index in [1.807, 2.05) is 44.2 Å². The van der Waals surface area contributed by atoms with E-state index < -0.39 is 9.84 Å². The van der Waals surface area contributed by atoms with Gasteiger partial charge in [0, 0.05) is 0 Å². The first kappa shape index (κ1) is 22.5. The minimum Gasteiger partial charge on any atom is -0.497 e. The van der Waals surface area contributed by atoms with Gasteiger partial charge in [0.05, 0.1) is 29.3 Å². The Balaban J connectivity index is 1.78. The summed E-state index contributed by atoms with van der Waals surface area (Å²) < 4.78 is 34.2. The topological polar surface area (TPSA) is 112 Å². The highest BCUT2D eigenvalue weighted by Gasteiger charge is 2.30. The molecule has 0 amide bonds. The first-order chi connectivity index (χ1) is 16.8. The van der Waals surface area contributed by atoms with Crippen molar-refractivity contribution in [3.8, 4) is 5.75 Å². The van der Waals surface area contributed by atoms with Gasteiger partial charge < -0.3 is 10.5 Å². The summed E-state index contributed by atoms with van der Waals surface area (Å²) in [6, 6.07) is 19.5. The standard InChI is InChI=1S/C26H23N5O3S/c1-16-11-12-20(13-17(16)2)35(32,33)24-23-26(30-22-10-5-4-9-21(22)29-23)31(25(24)27)28-15-18-7-6-8-19(14-18)34-3/h4-15H,27H2,1-3H3/b28-15-. The molecule has 0 radical (unpaired) electrons. The molecule has 2 heterocycles. The van der Waals surface area contributed by atoms with Crippen LogP contribution in [0.3, 0.4) is 0 Å². The van der Waals surface area contributed by atoms with Crippen LogP contribution in [-0.2, 0) is 9.84 Å². The zero-order chi connectivity index (χ0) is 24.7. The first-order valence-corrected chi connectivity index (χ1v) is 12.4. The maximum Gasteiger partial charge on any atom is 0.212 e. The average Bonchev–Trinajstić information content (AvgIpc) is 3.13. The van der Waals surface area contributed by atoms with E-state index in [-0.39, 0.29) is 26.8 Å². The van der Waals surface area contributed by atoms with Crippen LogP contribution in [0.25, 0.3) is 22.2 Å². The van der Waals surface area contributed by atoms with E-state index in [0.717, 1.165) is 16.7 Å². The first-order valence-electron chi connectivity index (χ1n) is 10.9. The quantitative estimate of drug-likeness (QED) is 0.367. The Morgan fingerprint density at radius 1 is 0.943 bits per heavy atom. The predicted molar refractivity (Wildman–Crippen MR) is 137 cm³/mol. The fourth-order valence-corrected chi connectivity index (χ4v) is 5.42. The monoisotopic (exact) mass is 485 g/mol. The molecule has 5 rings (SSSR count). The van der Waals surface area contributed by atoms with Crippen LogP contribution in [0.15, 0.2) is 81.6 Å². The number of fused-ring (bicyclic) bond motifs is 2. The van der Waals surface area contributed by atoms with Crippen molar-refractivity contribution in [1.29, 1.82) is 0 Å². The minimum atomic E-state index is -4.02. The van der Waals surface area contributed by atoms with E-state index in [2.05, 4.69) is 15.1 Å². The number of ether oxygens (including phenoxy) is 1. The summed E-state index contributed by atoms with van der Waals surface area (Å²) in [5, 5.41) is 4.49. The molecule has 0 aliphatic carbocycles. The molecule has 0 saturated carbocycles. The highest BCUT2D eigenvalue weighted by atomic mass is 32.2. The van der Waals surface area contributed by atoms with Crippen molar-refractivity contribution in [2.75, 3.05) is 12.8 Å². The molecule has 176 valence electrons. The fourth-order valence-electron chi connectivity index (χ4n) is 3.85. The number of nitrogens with zero attached hydrogens (tertiary/aromatic N) is 4. The van der Waals surface area contributed by atoms with E-state index in [9.17, 15) is 8.42 Å². The molecule has 2 aromatic heterocycles. The second kappa shape index (κ2) is 8.52. The minimum absolute atomic E-state index is 0.0623. The van der Waals surface area contributed by atoms with Crippen LogP contribution >= 0.6 is 0 Å². The van der Waals surface area contributed by atoms with Gasteiger partial charge in [-0.25, -0.2) is 18.4 Å². The molecule has 0 aliphatic heterocycles. The van der Waals surface area contributed by atoms with Crippen molar-refractivity contribution in [3.63, 3.8) is 0 Å². The Hall–Kier alpha value is -4.24. The van der Waals surface area contributed by atoms with E-state index in [1.165, 1.54) is 4.68 Å². The summed E-state index contributed by atoms with van der Waals surface area (Å²) >= 11 is 0. The van der Waals surface area contributed by atoms with Crippen molar-refractivity contribution >= 4 is 44.1 Å². The molecule has 0 spiro atoms. The van der Waals surface area contributed by atoms with Crippen molar-refractivity contribution in [2.45, 2.75) is 23.6 Å². The van der Waals surface area contributed by atoms with Crippen LogP contribution in [0.5, 0.6) is 5.75 Å². The van der Waals surface area contributed by atoms with Gasteiger partial charge in [0.1, 0.15) is 22.0 Å². The second-order valence-corrected chi connectivity index (χ2v) is 10.1. The molecule has 8 nitrogen and oxygen atoms in total. The van der Waals surface area contributed by atoms with Gasteiger partial charge in [-0.15, -0.1) is 0 Å². The zero-order valence-electron chi connectivity index (χ0n) is 19.4. The van der Waals surface area contributed by atoms with E-state index in [0.29, 0.717) is 16.8 Å². The van der Waals surface area contributed by atoms with E-state index in [4.69, 9.17) is 10.5 Å². The summed E-state index contributed by atoms with van der Waals surface area (Å²) in [5.74, 6) is 0.607. The van der Waals surface area contributed by atoms with Crippen LogP contribution in [0.2, 0.25) is 0 Å². The molecule has 0 aliphatic rings. The van der Waals surface area contributed by atoms with Gasteiger partial charge in [-0.2, -0.15) is 9.78 Å². The highest BCUT2D eigenvalue weighted by Crippen LogP contribution is 2.35. The van der Waals surface area contributed by atoms with Crippen LogP contribution in [0.1, 0.15) is 16.7 Å². The van der Waals surface area contributed by atoms with Gasteiger partial charge in [-0.1, -0.05) is 30.3 Å². The number of aromatic nitrogens is 3. The third-order valence-electron chi connectivity index (χ3n) is 5.90. The SMILES string of the molecule is COc1cccc(/C=N\n2c(N)c(S(=O)(=O)c3ccc(C)c(C)c3)c3nc4ccccc4nc32)c1. The Morgan fingerprint density at radius 3 is 2.40 bits per heavy atom.